The summed E-state index contributed by atoms with van der Waals surface area (Å²) in [5.74, 6) is 0. The van der Waals surface area contributed by atoms with Gasteiger partial charge in [0.25, 0.3) is 0 Å². The van der Waals surface area contributed by atoms with E-state index < -0.39 is 0 Å². The van der Waals surface area contributed by atoms with Crippen LogP contribution in [0, 0.1) is 31.8 Å². The quantitative estimate of drug-likeness (QED) is 0.286. The average molecular weight is 360 g/mol. The maximum atomic E-state index is 9.56. The minimum absolute atomic E-state index is 0.580. The zero-order valence-electron chi connectivity index (χ0n) is 16.0. The zero-order valence-corrected chi connectivity index (χ0v) is 16.0. The molecule has 0 aliphatic rings. The van der Waals surface area contributed by atoms with Crippen LogP contribution in [0.3, 0.4) is 0 Å². The van der Waals surface area contributed by atoms with Crippen LogP contribution in [0.2, 0.25) is 0 Å². The maximum Gasteiger partial charge on any atom is 0.194 e. The standard InChI is InChI=1S/C26H20N2/c1-19-4-8-21(9-5-19)16-25(18-27)23-12-14-24(15-13-23)26(28-3)17-22-10-6-20(2)7-11-22/h4-17H,1-2H3/b25-16+,26-17-. The molecule has 3 aromatic carbocycles. The molecule has 3 aromatic rings. The Bertz CT molecular complexity index is 1010. The summed E-state index contributed by atoms with van der Waals surface area (Å²) in [5, 5.41) is 9.56. The lowest BCUT2D eigenvalue weighted by Crippen LogP contribution is -1.86. The van der Waals surface area contributed by atoms with Gasteiger partial charge in [-0.25, -0.2) is 4.85 Å². The number of benzene rings is 3. The molecule has 2 heteroatoms. The molecule has 0 unspecified atom stereocenters. The first-order valence-corrected chi connectivity index (χ1v) is 9.04. The van der Waals surface area contributed by atoms with E-state index in [4.69, 9.17) is 6.57 Å². The summed E-state index contributed by atoms with van der Waals surface area (Å²) >= 11 is 0. The van der Waals surface area contributed by atoms with E-state index in [1.54, 1.807) is 0 Å². The number of nitriles is 1. The smallest absolute Gasteiger partial charge is 0.194 e. The molecule has 0 aliphatic heterocycles. The number of allylic oxidation sites excluding steroid dienone is 1. The van der Waals surface area contributed by atoms with Crippen molar-refractivity contribution >= 4 is 23.4 Å². The van der Waals surface area contributed by atoms with Crippen molar-refractivity contribution < 1.29 is 0 Å². The summed E-state index contributed by atoms with van der Waals surface area (Å²) in [4.78, 5) is 3.68. The largest absolute Gasteiger partial charge is 0.238 e. The van der Waals surface area contributed by atoms with E-state index in [1.807, 2.05) is 98.8 Å². The molecule has 2 nitrogen and oxygen atoms in total. The van der Waals surface area contributed by atoms with Crippen molar-refractivity contribution in [3.05, 3.63) is 118 Å². The normalized spacial score (nSPS) is 11.6. The van der Waals surface area contributed by atoms with Crippen LogP contribution in [0.25, 0.3) is 28.3 Å². The van der Waals surface area contributed by atoms with Gasteiger partial charge < -0.3 is 0 Å². The lowest BCUT2D eigenvalue weighted by Gasteiger charge is -2.04. The van der Waals surface area contributed by atoms with Crippen molar-refractivity contribution in [3.8, 4) is 6.07 Å². The highest BCUT2D eigenvalue weighted by Gasteiger charge is 2.05. The van der Waals surface area contributed by atoms with Crippen molar-refractivity contribution in [1.29, 1.82) is 5.26 Å². The fourth-order valence-corrected chi connectivity index (χ4v) is 2.83. The third-order valence-electron chi connectivity index (χ3n) is 4.50. The fourth-order valence-electron chi connectivity index (χ4n) is 2.83. The van der Waals surface area contributed by atoms with Gasteiger partial charge >= 0.3 is 0 Å². The van der Waals surface area contributed by atoms with Gasteiger partial charge in [-0.1, -0.05) is 83.9 Å². The summed E-state index contributed by atoms with van der Waals surface area (Å²) in [6.45, 7) is 11.6. The topological polar surface area (TPSA) is 28.1 Å². The predicted octanol–water partition coefficient (Wildman–Crippen LogP) is 6.79. The third kappa shape index (κ3) is 4.64. The summed E-state index contributed by atoms with van der Waals surface area (Å²) in [5.41, 5.74) is 7.23. The van der Waals surface area contributed by atoms with Crippen LogP contribution >= 0.6 is 0 Å². The van der Waals surface area contributed by atoms with Gasteiger partial charge in [-0.3, -0.25) is 0 Å². The minimum Gasteiger partial charge on any atom is -0.238 e. The molecular formula is C26H20N2. The molecule has 28 heavy (non-hydrogen) atoms. The number of hydrogen-bond donors (Lipinski definition) is 0. The lowest BCUT2D eigenvalue weighted by atomic mass is 10.0. The molecule has 0 bridgehead atoms. The molecule has 0 saturated heterocycles. The number of rotatable bonds is 4. The molecule has 0 N–H and O–H groups in total. The Morgan fingerprint density at radius 3 is 1.68 bits per heavy atom. The highest BCUT2D eigenvalue weighted by Crippen LogP contribution is 2.24. The van der Waals surface area contributed by atoms with Crippen molar-refractivity contribution in [1.82, 2.24) is 0 Å². The van der Waals surface area contributed by atoms with Gasteiger partial charge in [-0.2, -0.15) is 5.26 Å². The van der Waals surface area contributed by atoms with E-state index >= 15 is 0 Å². The summed E-state index contributed by atoms with van der Waals surface area (Å²) in [6, 6.07) is 26.0. The van der Waals surface area contributed by atoms with Crippen molar-refractivity contribution in [2.75, 3.05) is 0 Å². The van der Waals surface area contributed by atoms with Gasteiger partial charge in [-0.05, 0) is 48.3 Å². The molecular weight excluding hydrogens is 340 g/mol. The first-order chi connectivity index (χ1) is 13.6. The van der Waals surface area contributed by atoms with Gasteiger partial charge in [0.2, 0.25) is 0 Å². The molecule has 0 amide bonds. The molecule has 0 saturated carbocycles. The summed E-state index contributed by atoms with van der Waals surface area (Å²) in [7, 11) is 0. The van der Waals surface area contributed by atoms with E-state index in [-0.39, 0.29) is 0 Å². The average Bonchev–Trinajstić information content (AvgIpc) is 2.73. The van der Waals surface area contributed by atoms with Crippen molar-refractivity contribution in [2.45, 2.75) is 13.8 Å². The van der Waals surface area contributed by atoms with Gasteiger partial charge in [0.1, 0.15) is 0 Å². The Morgan fingerprint density at radius 1 is 0.750 bits per heavy atom. The molecule has 134 valence electrons. The molecule has 0 aromatic heterocycles. The predicted molar refractivity (Wildman–Crippen MR) is 117 cm³/mol. The Kier molecular flexibility index (Phi) is 5.85. The van der Waals surface area contributed by atoms with E-state index in [2.05, 4.69) is 10.9 Å². The number of nitrogens with zero attached hydrogens (tertiary/aromatic N) is 2. The van der Waals surface area contributed by atoms with Gasteiger partial charge in [-0.15, -0.1) is 0 Å². The molecule has 0 heterocycles. The van der Waals surface area contributed by atoms with Crippen molar-refractivity contribution in [3.63, 3.8) is 0 Å². The Morgan fingerprint density at radius 2 is 1.21 bits per heavy atom. The number of aryl methyl sites for hydroxylation is 2. The SMILES string of the molecule is [C-]#[N+]/C(=C\c1ccc(C)cc1)c1ccc(/C(C#N)=C/c2ccc(C)cc2)cc1. The molecule has 0 aliphatic carbocycles. The number of hydrogen-bond acceptors (Lipinski definition) is 1. The molecule has 0 fully saturated rings. The Balaban J connectivity index is 1.89. The monoisotopic (exact) mass is 360 g/mol. The van der Waals surface area contributed by atoms with Crippen LogP contribution in [0.15, 0.2) is 72.8 Å². The first kappa shape index (κ1) is 18.9. The van der Waals surface area contributed by atoms with Gasteiger partial charge in [0, 0.05) is 0 Å². The zero-order chi connectivity index (χ0) is 19.9. The van der Waals surface area contributed by atoms with Crippen LogP contribution in [0.5, 0.6) is 0 Å². The first-order valence-electron chi connectivity index (χ1n) is 9.04. The summed E-state index contributed by atoms with van der Waals surface area (Å²) in [6.07, 6.45) is 3.77. The second-order valence-corrected chi connectivity index (χ2v) is 6.71. The third-order valence-corrected chi connectivity index (χ3v) is 4.50. The maximum absolute atomic E-state index is 9.56. The fraction of sp³-hybridized carbons (Fsp3) is 0.0769. The molecule has 0 atom stereocenters. The lowest BCUT2D eigenvalue weighted by molar-refractivity contribution is 1.46. The highest BCUT2D eigenvalue weighted by atomic mass is 14.7. The van der Waals surface area contributed by atoms with E-state index in [0.29, 0.717) is 11.3 Å². The van der Waals surface area contributed by atoms with Crippen LogP contribution in [-0.2, 0) is 0 Å². The Hall–Kier alpha value is -3.88. The van der Waals surface area contributed by atoms with Crippen LogP contribution in [0.4, 0.5) is 0 Å². The molecule has 0 radical (unpaired) electrons. The summed E-state index contributed by atoms with van der Waals surface area (Å²) < 4.78 is 0. The Labute approximate surface area is 166 Å². The van der Waals surface area contributed by atoms with Crippen LogP contribution in [-0.4, -0.2) is 0 Å². The van der Waals surface area contributed by atoms with Gasteiger partial charge in [0.05, 0.1) is 18.2 Å². The van der Waals surface area contributed by atoms with Crippen molar-refractivity contribution in [2.24, 2.45) is 0 Å². The second kappa shape index (κ2) is 8.67. The van der Waals surface area contributed by atoms with Crippen LogP contribution in [0.1, 0.15) is 33.4 Å². The van der Waals surface area contributed by atoms with E-state index in [0.717, 1.165) is 22.3 Å². The molecule has 0 spiro atoms. The van der Waals surface area contributed by atoms with E-state index in [9.17, 15) is 5.26 Å². The second-order valence-electron chi connectivity index (χ2n) is 6.71. The van der Waals surface area contributed by atoms with Gasteiger partial charge in [0.15, 0.2) is 5.70 Å². The van der Waals surface area contributed by atoms with Crippen LogP contribution < -0.4 is 0 Å². The van der Waals surface area contributed by atoms with E-state index in [1.165, 1.54) is 11.1 Å². The highest BCUT2D eigenvalue weighted by molar-refractivity contribution is 5.91. The molecule has 3 rings (SSSR count). The minimum atomic E-state index is 0.580.